The minimum atomic E-state index is -3.61. The average molecular weight is 560 g/mol. The highest BCUT2D eigenvalue weighted by molar-refractivity contribution is 7.92. The van der Waals surface area contributed by atoms with Crippen LogP contribution in [-0.2, 0) is 17.1 Å². The van der Waals surface area contributed by atoms with E-state index in [0.29, 0.717) is 23.7 Å². The second kappa shape index (κ2) is 13.3. The van der Waals surface area contributed by atoms with E-state index in [1.165, 1.54) is 42.0 Å². The minimum Gasteiger partial charge on any atom is -0.480 e. The Morgan fingerprint density at radius 1 is 0.949 bits per heavy atom. The zero-order valence-corrected chi connectivity index (χ0v) is 23.1. The van der Waals surface area contributed by atoms with Crippen molar-refractivity contribution in [2.75, 3.05) is 36.7 Å². The van der Waals surface area contributed by atoms with Crippen molar-refractivity contribution in [1.29, 1.82) is 0 Å². The number of ether oxygens (including phenoxy) is 2. The molecule has 0 fully saturated rings. The molecule has 0 unspecified atom stereocenters. The van der Waals surface area contributed by atoms with E-state index in [2.05, 4.69) is 21.5 Å². The van der Waals surface area contributed by atoms with Crippen molar-refractivity contribution in [1.82, 2.24) is 9.47 Å². The molecule has 3 aromatic rings. The standard InChI is InChI=1S/C28H31F2N3O5S/c1-5-33(6-2)14-8-9-15-37-27-18-28(34)32(4)19-23(27)22-17-21(31-39(35,36)7-3)11-13-25(22)38-26-12-10-20(29)16-24(26)30/h10-13,16-19,31H,5-7,14-15H2,1-4H3. The lowest BCUT2D eigenvalue weighted by atomic mass is 10.0. The molecule has 11 heteroatoms. The van der Waals surface area contributed by atoms with Gasteiger partial charge in [0.15, 0.2) is 11.6 Å². The van der Waals surface area contributed by atoms with Crippen LogP contribution in [0.1, 0.15) is 20.8 Å². The molecule has 1 aromatic heterocycles. The fraction of sp³-hybridized carbons (Fsp3) is 0.321. The van der Waals surface area contributed by atoms with Gasteiger partial charge in [0, 0.05) is 42.2 Å². The van der Waals surface area contributed by atoms with Crippen molar-refractivity contribution >= 4 is 15.7 Å². The Labute approximate surface area is 227 Å². The summed E-state index contributed by atoms with van der Waals surface area (Å²) < 4.78 is 67.7. The molecule has 3 rings (SSSR count). The predicted octanol–water partition coefficient (Wildman–Crippen LogP) is 4.61. The molecule has 0 atom stereocenters. The largest absolute Gasteiger partial charge is 0.480 e. The Balaban J connectivity index is 2.07. The molecule has 0 spiro atoms. The number of benzene rings is 2. The Morgan fingerprint density at radius 2 is 1.67 bits per heavy atom. The molecule has 0 saturated carbocycles. The number of pyridine rings is 1. The third-order valence-corrected chi connectivity index (χ3v) is 7.16. The van der Waals surface area contributed by atoms with Crippen LogP contribution in [0.15, 0.2) is 53.5 Å². The van der Waals surface area contributed by atoms with Gasteiger partial charge in [-0.3, -0.25) is 14.4 Å². The lowest BCUT2D eigenvalue weighted by molar-refractivity contribution is 0.341. The van der Waals surface area contributed by atoms with E-state index in [0.717, 1.165) is 25.2 Å². The number of rotatable bonds is 11. The molecule has 0 amide bonds. The van der Waals surface area contributed by atoms with Crippen molar-refractivity contribution < 1.29 is 26.7 Å². The Hall–Kier alpha value is -3.88. The van der Waals surface area contributed by atoms with E-state index in [1.807, 2.05) is 13.8 Å². The first-order valence-electron chi connectivity index (χ1n) is 12.4. The monoisotopic (exact) mass is 559 g/mol. The summed E-state index contributed by atoms with van der Waals surface area (Å²) in [4.78, 5) is 14.6. The summed E-state index contributed by atoms with van der Waals surface area (Å²) in [6.07, 6.45) is 1.50. The van der Waals surface area contributed by atoms with Gasteiger partial charge in [0.25, 0.3) is 5.56 Å². The maximum Gasteiger partial charge on any atom is 0.254 e. The number of anilines is 1. The SMILES string of the molecule is CCN(CC)CC#CCOc1cc(=O)n(C)cc1-c1cc(NS(=O)(=O)CC)ccc1Oc1ccc(F)cc1F. The molecule has 8 nitrogen and oxygen atoms in total. The molecule has 208 valence electrons. The summed E-state index contributed by atoms with van der Waals surface area (Å²) in [5.74, 6) is 4.19. The van der Waals surface area contributed by atoms with Gasteiger partial charge in [-0.05, 0) is 50.3 Å². The molecule has 2 aromatic carbocycles. The summed E-state index contributed by atoms with van der Waals surface area (Å²) in [5, 5.41) is 0. The van der Waals surface area contributed by atoms with E-state index >= 15 is 0 Å². The van der Waals surface area contributed by atoms with Gasteiger partial charge in [0.05, 0.1) is 12.3 Å². The number of sulfonamides is 1. The van der Waals surface area contributed by atoms with Crippen LogP contribution in [0.4, 0.5) is 14.5 Å². The van der Waals surface area contributed by atoms with Crippen molar-refractivity contribution in [2.24, 2.45) is 7.05 Å². The Morgan fingerprint density at radius 3 is 2.33 bits per heavy atom. The van der Waals surface area contributed by atoms with Crippen molar-refractivity contribution in [3.63, 3.8) is 0 Å². The lowest BCUT2D eigenvalue weighted by Gasteiger charge is -2.17. The number of nitrogens with one attached hydrogen (secondary N) is 1. The van der Waals surface area contributed by atoms with Crippen LogP contribution in [0, 0.1) is 23.5 Å². The fourth-order valence-electron chi connectivity index (χ4n) is 3.54. The zero-order valence-electron chi connectivity index (χ0n) is 22.3. The lowest BCUT2D eigenvalue weighted by Crippen LogP contribution is -2.23. The number of hydrogen-bond donors (Lipinski definition) is 1. The third kappa shape index (κ3) is 8.05. The summed E-state index contributed by atoms with van der Waals surface area (Å²) in [5.41, 5.74) is 0.548. The molecule has 0 aliphatic carbocycles. The molecule has 0 aliphatic rings. The van der Waals surface area contributed by atoms with Gasteiger partial charge >= 0.3 is 0 Å². The smallest absolute Gasteiger partial charge is 0.254 e. The summed E-state index contributed by atoms with van der Waals surface area (Å²) in [6, 6.07) is 8.57. The van der Waals surface area contributed by atoms with E-state index in [1.54, 1.807) is 7.05 Å². The zero-order chi connectivity index (χ0) is 28.6. The second-order valence-corrected chi connectivity index (χ2v) is 10.5. The number of hydrogen-bond acceptors (Lipinski definition) is 6. The molecular formula is C28H31F2N3O5S. The number of nitrogens with zero attached hydrogens (tertiary/aromatic N) is 2. The fourth-order valence-corrected chi connectivity index (χ4v) is 4.17. The molecule has 39 heavy (non-hydrogen) atoms. The molecule has 0 bridgehead atoms. The van der Waals surface area contributed by atoms with Gasteiger partial charge in [-0.2, -0.15) is 0 Å². The van der Waals surface area contributed by atoms with Crippen molar-refractivity contribution in [2.45, 2.75) is 20.8 Å². The first-order chi connectivity index (χ1) is 18.6. The van der Waals surface area contributed by atoms with Crippen LogP contribution in [0.25, 0.3) is 11.1 Å². The van der Waals surface area contributed by atoms with Crippen LogP contribution in [0.2, 0.25) is 0 Å². The highest BCUT2D eigenvalue weighted by Gasteiger charge is 2.18. The molecule has 0 aliphatic heterocycles. The van der Waals surface area contributed by atoms with Crippen molar-refractivity contribution in [3.8, 4) is 40.2 Å². The molecular weight excluding hydrogens is 528 g/mol. The number of aromatic nitrogens is 1. The van der Waals surface area contributed by atoms with E-state index in [4.69, 9.17) is 9.47 Å². The van der Waals surface area contributed by atoms with Gasteiger partial charge in [0.1, 0.15) is 23.9 Å². The molecule has 1 heterocycles. The van der Waals surface area contributed by atoms with Gasteiger partial charge in [-0.15, -0.1) is 0 Å². The molecule has 1 N–H and O–H groups in total. The van der Waals surface area contributed by atoms with Crippen LogP contribution in [0.3, 0.4) is 0 Å². The third-order valence-electron chi connectivity index (χ3n) is 5.85. The van der Waals surface area contributed by atoms with E-state index in [-0.39, 0.29) is 40.9 Å². The molecule has 0 saturated heterocycles. The van der Waals surface area contributed by atoms with Crippen LogP contribution in [0.5, 0.6) is 17.2 Å². The van der Waals surface area contributed by atoms with E-state index < -0.39 is 21.7 Å². The van der Waals surface area contributed by atoms with Crippen LogP contribution in [-0.4, -0.2) is 49.9 Å². The average Bonchev–Trinajstić information content (AvgIpc) is 2.90. The molecule has 0 radical (unpaired) electrons. The van der Waals surface area contributed by atoms with Gasteiger partial charge < -0.3 is 14.0 Å². The summed E-state index contributed by atoms with van der Waals surface area (Å²) in [7, 11) is -2.07. The summed E-state index contributed by atoms with van der Waals surface area (Å²) in [6.45, 7) is 7.87. The van der Waals surface area contributed by atoms with Gasteiger partial charge in [0.2, 0.25) is 10.0 Å². The second-order valence-electron chi connectivity index (χ2n) is 8.50. The highest BCUT2D eigenvalue weighted by atomic mass is 32.2. The Bertz CT molecular complexity index is 1540. The minimum absolute atomic E-state index is 0.00757. The number of aryl methyl sites for hydroxylation is 1. The highest BCUT2D eigenvalue weighted by Crippen LogP contribution is 2.40. The van der Waals surface area contributed by atoms with E-state index in [9.17, 15) is 22.0 Å². The first kappa shape index (κ1) is 29.7. The first-order valence-corrected chi connectivity index (χ1v) is 14.0. The predicted molar refractivity (Wildman–Crippen MR) is 148 cm³/mol. The maximum atomic E-state index is 14.4. The van der Waals surface area contributed by atoms with Crippen LogP contribution < -0.4 is 19.8 Å². The summed E-state index contributed by atoms with van der Waals surface area (Å²) >= 11 is 0. The van der Waals surface area contributed by atoms with Gasteiger partial charge in [-0.1, -0.05) is 25.7 Å². The quantitative estimate of drug-likeness (QED) is 0.345. The topological polar surface area (TPSA) is 89.9 Å². The Kier molecular flexibility index (Phi) is 10.1. The maximum absolute atomic E-state index is 14.4. The normalized spacial score (nSPS) is 11.2. The van der Waals surface area contributed by atoms with Crippen molar-refractivity contribution in [3.05, 3.63) is 70.6 Å². The number of halogens is 2. The van der Waals surface area contributed by atoms with Gasteiger partial charge in [-0.25, -0.2) is 17.2 Å². The van der Waals surface area contributed by atoms with Crippen LogP contribution >= 0.6 is 0 Å².